The van der Waals surface area contributed by atoms with Gasteiger partial charge in [0, 0.05) is 11.6 Å². The van der Waals surface area contributed by atoms with Gasteiger partial charge in [-0.15, -0.1) is 0 Å². The molecule has 2 aromatic carbocycles. The molecule has 1 atom stereocenters. The quantitative estimate of drug-likeness (QED) is 0.691. The van der Waals surface area contributed by atoms with Crippen LogP contribution in [0.25, 0.3) is 0 Å². The lowest BCUT2D eigenvalue weighted by Crippen LogP contribution is -2.30. The predicted molar refractivity (Wildman–Crippen MR) is 112 cm³/mol. The second-order valence-electron chi connectivity index (χ2n) is 6.45. The minimum atomic E-state index is -3.37. The number of anilines is 2. The summed E-state index contributed by atoms with van der Waals surface area (Å²) < 4.78 is 30.6. The Morgan fingerprint density at radius 3 is 2.62 bits per heavy atom. The maximum atomic E-state index is 12.4. The lowest BCUT2D eigenvalue weighted by atomic mass is 10.2. The van der Waals surface area contributed by atoms with Gasteiger partial charge < -0.3 is 10.1 Å². The molecule has 0 saturated carbocycles. The van der Waals surface area contributed by atoms with Crippen LogP contribution in [0, 0.1) is 0 Å². The third kappa shape index (κ3) is 5.01. The average molecular weight is 457 g/mol. The van der Waals surface area contributed by atoms with Gasteiger partial charge in [-0.3, -0.25) is 9.10 Å². The number of rotatable bonds is 5. The molecule has 0 bridgehead atoms. The molecule has 154 valence electrons. The van der Waals surface area contributed by atoms with Crippen molar-refractivity contribution in [2.45, 2.75) is 19.4 Å². The molecule has 7 nitrogen and oxygen atoms in total. The Labute approximate surface area is 178 Å². The molecule has 0 aliphatic carbocycles. The number of carbonyl (C=O) groups excluding carboxylic acids is 2. The summed E-state index contributed by atoms with van der Waals surface area (Å²) in [6, 6.07) is 10.7. The second kappa shape index (κ2) is 8.61. The van der Waals surface area contributed by atoms with Crippen molar-refractivity contribution in [2.75, 3.05) is 21.9 Å². The van der Waals surface area contributed by atoms with Crippen molar-refractivity contribution in [3.63, 3.8) is 0 Å². The molecule has 1 amide bonds. The molecule has 2 aromatic rings. The largest absolute Gasteiger partial charge is 0.449 e. The number of nitrogens with one attached hydrogen (secondary N) is 1. The SMILES string of the molecule is CC(OC(=O)c1cccc(N2CCCS2(=O)=O)c1)C(=O)Nc1cc(Cl)ccc1Cl. The molecule has 0 radical (unpaired) electrons. The molecule has 1 aliphatic rings. The number of benzene rings is 2. The van der Waals surface area contributed by atoms with E-state index in [2.05, 4.69) is 5.32 Å². The number of carbonyl (C=O) groups is 2. The van der Waals surface area contributed by atoms with E-state index in [0.717, 1.165) is 0 Å². The van der Waals surface area contributed by atoms with Gasteiger partial charge in [-0.1, -0.05) is 29.3 Å². The zero-order valence-corrected chi connectivity index (χ0v) is 17.7. The van der Waals surface area contributed by atoms with Crippen LogP contribution < -0.4 is 9.62 Å². The molecular formula is C19H18Cl2N2O5S. The van der Waals surface area contributed by atoms with E-state index in [1.54, 1.807) is 18.2 Å². The Hall–Kier alpha value is -2.29. The van der Waals surface area contributed by atoms with Gasteiger partial charge in [-0.25, -0.2) is 13.2 Å². The first-order valence-electron chi connectivity index (χ1n) is 8.75. The Bertz CT molecular complexity index is 1060. The van der Waals surface area contributed by atoms with Crippen molar-refractivity contribution in [3.8, 4) is 0 Å². The van der Waals surface area contributed by atoms with E-state index in [-0.39, 0.29) is 11.3 Å². The Kier molecular flexibility index (Phi) is 6.36. The molecule has 3 rings (SSSR count). The van der Waals surface area contributed by atoms with Gasteiger partial charge in [0.2, 0.25) is 10.0 Å². The standard InChI is InChI=1S/C19H18Cl2N2O5S/c1-12(18(24)22-17-11-14(20)6-7-16(17)21)28-19(25)13-4-2-5-15(10-13)23-8-3-9-29(23,26)27/h2,4-7,10-12H,3,8-9H2,1H3,(H,22,24). The van der Waals surface area contributed by atoms with Gasteiger partial charge in [0.1, 0.15) is 0 Å². The van der Waals surface area contributed by atoms with Gasteiger partial charge in [0.25, 0.3) is 5.91 Å². The van der Waals surface area contributed by atoms with Crippen LogP contribution in [0.5, 0.6) is 0 Å². The van der Waals surface area contributed by atoms with Gasteiger partial charge in [-0.05, 0) is 49.7 Å². The molecule has 0 aromatic heterocycles. The monoisotopic (exact) mass is 456 g/mol. The van der Waals surface area contributed by atoms with Crippen molar-refractivity contribution in [2.24, 2.45) is 0 Å². The minimum absolute atomic E-state index is 0.0743. The number of esters is 1. The fourth-order valence-corrected chi connectivity index (χ4v) is 4.72. The van der Waals surface area contributed by atoms with E-state index in [4.69, 9.17) is 27.9 Å². The van der Waals surface area contributed by atoms with Crippen LogP contribution in [-0.2, 0) is 19.6 Å². The fourth-order valence-electron chi connectivity index (χ4n) is 2.83. The Morgan fingerprint density at radius 1 is 1.17 bits per heavy atom. The zero-order valence-electron chi connectivity index (χ0n) is 15.4. The smallest absolute Gasteiger partial charge is 0.338 e. The Balaban J connectivity index is 1.69. The van der Waals surface area contributed by atoms with Crippen molar-refractivity contribution >= 4 is 56.5 Å². The Morgan fingerprint density at radius 2 is 1.93 bits per heavy atom. The van der Waals surface area contributed by atoms with Crippen LogP contribution in [-0.4, -0.2) is 38.7 Å². The topological polar surface area (TPSA) is 92.8 Å². The minimum Gasteiger partial charge on any atom is -0.449 e. The summed E-state index contributed by atoms with van der Waals surface area (Å²) in [5, 5.41) is 3.24. The first-order chi connectivity index (χ1) is 13.7. The van der Waals surface area contributed by atoms with Crippen molar-refractivity contribution < 1.29 is 22.7 Å². The number of nitrogens with zero attached hydrogens (tertiary/aromatic N) is 1. The molecule has 1 unspecified atom stereocenters. The van der Waals surface area contributed by atoms with Crippen LogP contribution in [0.15, 0.2) is 42.5 Å². The maximum absolute atomic E-state index is 12.4. The molecule has 1 fully saturated rings. The highest BCUT2D eigenvalue weighted by atomic mass is 35.5. The van der Waals surface area contributed by atoms with E-state index in [0.29, 0.717) is 34.4 Å². The lowest BCUT2D eigenvalue weighted by molar-refractivity contribution is -0.123. The van der Waals surface area contributed by atoms with Gasteiger partial charge >= 0.3 is 5.97 Å². The summed E-state index contributed by atoms with van der Waals surface area (Å²) in [6.45, 7) is 1.78. The summed E-state index contributed by atoms with van der Waals surface area (Å²) >= 11 is 11.9. The van der Waals surface area contributed by atoms with E-state index < -0.39 is 28.0 Å². The normalized spacial score (nSPS) is 16.3. The highest BCUT2D eigenvalue weighted by Gasteiger charge is 2.29. The van der Waals surface area contributed by atoms with Crippen LogP contribution in [0.3, 0.4) is 0 Å². The third-order valence-electron chi connectivity index (χ3n) is 4.31. The summed E-state index contributed by atoms with van der Waals surface area (Å²) in [5.74, 6) is -1.26. The van der Waals surface area contributed by atoms with Crippen LogP contribution in [0.1, 0.15) is 23.7 Å². The zero-order chi connectivity index (χ0) is 21.2. The first kappa shape index (κ1) is 21.4. The summed E-state index contributed by atoms with van der Waals surface area (Å²) in [6.07, 6.45) is -0.586. The molecular weight excluding hydrogens is 439 g/mol. The van der Waals surface area contributed by atoms with E-state index in [1.807, 2.05) is 0 Å². The van der Waals surface area contributed by atoms with E-state index >= 15 is 0 Å². The molecule has 1 N–H and O–H groups in total. The lowest BCUT2D eigenvalue weighted by Gasteiger charge is -2.18. The number of ether oxygens (including phenoxy) is 1. The summed E-state index contributed by atoms with van der Waals surface area (Å²) in [5.41, 5.74) is 0.832. The van der Waals surface area contributed by atoms with Crippen LogP contribution in [0.4, 0.5) is 11.4 Å². The highest BCUT2D eigenvalue weighted by Crippen LogP contribution is 2.27. The summed E-state index contributed by atoms with van der Waals surface area (Å²) in [4.78, 5) is 24.8. The number of halogens is 2. The molecule has 0 spiro atoms. The van der Waals surface area contributed by atoms with E-state index in [1.165, 1.54) is 35.5 Å². The van der Waals surface area contributed by atoms with Crippen LogP contribution >= 0.6 is 23.2 Å². The molecule has 1 aliphatic heterocycles. The fraction of sp³-hybridized carbons (Fsp3) is 0.263. The van der Waals surface area contributed by atoms with Gasteiger partial charge in [-0.2, -0.15) is 0 Å². The van der Waals surface area contributed by atoms with Gasteiger partial charge in [0.15, 0.2) is 6.10 Å². The number of sulfonamides is 1. The molecule has 29 heavy (non-hydrogen) atoms. The molecule has 10 heteroatoms. The molecule has 1 heterocycles. The predicted octanol–water partition coefficient (Wildman–Crippen LogP) is 3.72. The highest BCUT2D eigenvalue weighted by molar-refractivity contribution is 7.93. The number of hydrogen-bond donors (Lipinski definition) is 1. The van der Waals surface area contributed by atoms with Crippen molar-refractivity contribution in [1.82, 2.24) is 0 Å². The van der Waals surface area contributed by atoms with Gasteiger partial charge in [0.05, 0.1) is 27.7 Å². The summed E-state index contributed by atoms with van der Waals surface area (Å²) in [7, 11) is -3.37. The van der Waals surface area contributed by atoms with E-state index in [9.17, 15) is 18.0 Å². The maximum Gasteiger partial charge on any atom is 0.338 e. The van der Waals surface area contributed by atoms with Crippen molar-refractivity contribution in [3.05, 3.63) is 58.1 Å². The number of amides is 1. The first-order valence-corrected chi connectivity index (χ1v) is 11.1. The van der Waals surface area contributed by atoms with Crippen LogP contribution in [0.2, 0.25) is 10.0 Å². The second-order valence-corrected chi connectivity index (χ2v) is 9.31. The van der Waals surface area contributed by atoms with Crippen molar-refractivity contribution in [1.29, 1.82) is 0 Å². The third-order valence-corrected chi connectivity index (χ3v) is 6.74. The molecule has 1 saturated heterocycles. The number of hydrogen-bond acceptors (Lipinski definition) is 5. The average Bonchev–Trinajstić information content (AvgIpc) is 3.03.